The highest BCUT2D eigenvalue weighted by atomic mass is 79.9. The van der Waals surface area contributed by atoms with Crippen molar-refractivity contribution in [3.8, 4) is 0 Å². The molecule has 1 rings (SSSR count). The Labute approximate surface area is 86.2 Å². The van der Waals surface area contributed by atoms with Crippen LogP contribution in [0.3, 0.4) is 0 Å². The van der Waals surface area contributed by atoms with Crippen LogP contribution in [0, 0.1) is 6.92 Å². The van der Waals surface area contributed by atoms with Gasteiger partial charge in [-0.2, -0.15) is 0 Å². The van der Waals surface area contributed by atoms with E-state index >= 15 is 0 Å². The van der Waals surface area contributed by atoms with Gasteiger partial charge in [-0.1, -0.05) is 0 Å². The van der Waals surface area contributed by atoms with Crippen LogP contribution in [0.4, 0.5) is 0 Å². The molecule has 0 radical (unpaired) electrons. The molecule has 0 unspecified atom stereocenters. The Morgan fingerprint density at radius 3 is 2.62 bits per heavy atom. The highest BCUT2D eigenvalue weighted by molar-refractivity contribution is 9.10. The second-order valence-electron chi connectivity index (χ2n) is 2.99. The maximum atomic E-state index is 10.9. The third-order valence-corrected chi connectivity index (χ3v) is 3.16. The van der Waals surface area contributed by atoms with Crippen molar-refractivity contribution in [1.29, 1.82) is 0 Å². The quantitative estimate of drug-likeness (QED) is 0.816. The number of halogens is 1. The monoisotopic (exact) mass is 263 g/mol. The molecule has 0 amide bonds. The van der Waals surface area contributed by atoms with Crippen molar-refractivity contribution in [2.75, 3.05) is 6.26 Å². The van der Waals surface area contributed by atoms with Crippen molar-refractivity contribution in [3.63, 3.8) is 0 Å². The first kappa shape index (κ1) is 10.7. The summed E-state index contributed by atoms with van der Waals surface area (Å²) in [6.45, 7) is 1.90. The van der Waals surface area contributed by atoms with E-state index in [4.69, 9.17) is 0 Å². The van der Waals surface area contributed by atoms with Gasteiger partial charge in [0.1, 0.15) is 0 Å². The molecule has 0 atom stereocenters. The van der Waals surface area contributed by atoms with Gasteiger partial charge in [0.05, 0.1) is 11.4 Å². The number of pyridine rings is 1. The van der Waals surface area contributed by atoms with Crippen molar-refractivity contribution in [2.45, 2.75) is 12.7 Å². The van der Waals surface area contributed by atoms with Gasteiger partial charge in [-0.25, -0.2) is 8.42 Å². The lowest BCUT2D eigenvalue weighted by Crippen LogP contribution is -2.02. The van der Waals surface area contributed by atoms with E-state index in [0.717, 1.165) is 10.0 Å². The van der Waals surface area contributed by atoms with Crippen LogP contribution in [0.5, 0.6) is 0 Å². The van der Waals surface area contributed by atoms with Gasteiger partial charge in [0.25, 0.3) is 0 Å². The van der Waals surface area contributed by atoms with E-state index in [1.54, 1.807) is 12.3 Å². The second kappa shape index (κ2) is 3.75. The van der Waals surface area contributed by atoms with E-state index in [1.807, 2.05) is 6.92 Å². The SMILES string of the molecule is Cc1cc(CS(C)(=O)=O)ncc1Br. The lowest BCUT2D eigenvalue weighted by atomic mass is 10.2. The van der Waals surface area contributed by atoms with Gasteiger partial charge in [0, 0.05) is 16.9 Å². The number of aryl methyl sites for hydroxylation is 1. The molecule has 0 aliphatic rings. The fourth-order valence-corrected chi connectivity index (χ4v) is 1.86. The maximum absolute atomic E-state index is 10.9. The van der Waals surface area contributed by atoms with Crippen LogP contribution >= 0.6 is 15.9 Å². The molecule has 0 bridgehead atoms. The van der Waals surface area contributed by atoms with Gasteiger partial charge in [0.2, 0.25) is 0 Å². The molecule has 3 nitrogen and oxygen atoms in total. The Balaban J connectivity index is 2.99. The second-order valence-corrected chi connectivity index (χ2v) is 5.99. The minimum absolute atomic E-state index is 0.00111. The van der Waals surface area contributed by atoms with Crippen LogP contribution in [0.25, 0.3) is 0 Å². The number of sulfone groups is 1. The van der Waals surface area contributed by atoms with Crippen LogP contribution in [0.1, 0.15) is 11.3 Å². The molecular weight excluding hydrogens is 254 g/mol. The zero-order chi connectivity index (χ0) is 10.1. The molecular formula is C8H10BrNO2S. The van der Waals surface area contributed by atoms with Crippen molar-refractivity contribution < 1.29 is 8.42 Å². The normalized spacial score (nSPS) is 11.6. The van der Waals surface area contributed by atoms with Crippen molar-refractivity contribution >= 4 is 25.8 Å². The van der Waals surface area contributed by atoms with Gasteiger partial charge >= 0.3 is 0 Å². The third-order valence-electron chi connectivity index (χ3n) is 1.51. The lowest BCUT2D eigenvalue weighted by molar-refractivity contribution is 0.600. The molecule has 0 fully saturated rings. The minimum Gasteiger partial charge on any atom is -0.259 e. The van der Waals surface area contributed by atoms with Crippen LogP contribution in [0.15, 0.2) is 16.7 Å². The Bertz CT molecular complexity index is 414. The predicted octanol–water partition coefficient (Wildman–Crippen LogP) is 1.70. The fourth-order valence-electron chi connectivity index (χ4n) is 0.945. The molecule has 1 heterocycles. The van der Waals surface area contributed by atoms with E-state index in [2.05, 4.69) is 20.9 Å². The first-order chi connectivity index (χ1) is 5.88. The molecule has 5 heteroatoms. The summed E-state index contributed by atoms with van der Waals surface area (Å²) in [5.41, 5.74) is 1.58. The van der Waals surface area contributed by atoms with Gasteiger partial charge in [0.15, 0.2) is 9.84 Å². The molecule has 72 valence electrons. The lowest BCUT2D eigenvalue weighted by Gasteiger charge is -2.01. The van der Waals surface area contributed by atoms with Gasteiger partial charge in [-0.15, -0.1) is 0 Å². The molecule has 1 aromatic rings. The van der Waals surface area contributed by atoms with Crippen LogP contribution < -0.4 is 0 Å². The summed E-state index contributed by atoms with van der Waals surface area (Å²) in [7, 11) is -2.98. The average Bonchev–Trinajstić information content (AvgIpc) is 1.94. The van der Waals surface area contributed by atoms with E-state index in [0.29, 0.717) is 5.69 Å². The molecule has 1 aromatic heterocycles. The molecule has 0 aliphatic carbocycles. The smallest absolute Gasteiger partial charge is 0.153 e. The highest BCUT2D eigenvalue weighted by Gasteiger charge is 2.06. The molecule has 0 aromatic carbocycles. The molecule has 0 aliphatic heterocycles. The zero-order valence-corrected chi connectivity index (χ0v) is 9.81. The Morgan fingerprint density at radius 1 is 1.54 bits per heavy atom. The fraction of sp³-hybridized carbons (Fsp3) is 0.375. The third kappa shape index (κ3) is 3.44. The largest absolute Gasteiger partial charge is 0.259 e. The summed E-state index contributed by atoms with van der Waals surface area (Å²) in [6.07, 6.45) is 2.82. The van der Waals surface area contributed by atoms with E-state index in [-0.39, 0.29) is 5.75 Å². The topological polar surface area (TPSA) is 47.0 Å². The van der Waals surface area contributed by atoms with Crippen LogP contribution in [-0.2, 0) is 15.6 Å². The molecule has 0 saturated carbocycles. The van der Waals surface area contributed by atoms with E-state index in [9.17, 15) is 8.42 Å². The van der Waals surface area contributed by atoms with Crippen molar-refractivity contribution in [2.24, 2.45) is 0 Å². The zero-order valence-electron chi connectivity index (χ0n) is 7.41. The van der Waals surface area contributed by atoms with Gasteiger partial charge < -0.3 is 0 Å². The van der Waals surface area contributed by atoms with E-state index in [1.165, 1.54) is 6.26 Å². The van der Waals surface area contributed by atoms with Gasteiger partial charge in [-0.05, 0) is 34.5 Å². The van der Waals surface area contributed by atoms with Crippen molar-refractivity contribution in [1.82, 2.24) is 4.98 Å². The minimum atomic E-state index is -2.98. The Hall–Kier alpha value is -0.420. The van der Waals surface area contributed by atoms with Crippen molar-refractivity contribution in [3.05, 3.63) is 28.0 Å². The van der Waals surface area contributed by atoms with Crippen LogP contribution in [0.2, 0.25) is 0 Å². The summed E-state index contributed by atoms with van der Waals surface area (Å²) in [4.78, 5) is 4.00. The number of nitrogens with zero attached hydrogens (tertiary/aromatic N) is 1. The number of hydrogen-bond acceptors (Lipinski definition) is 3. The summed E-state index contributed by atoms with van der Waals surface area (Å²) < 4.78 is 22.8. The first-order valence-corrected chi connectivity index (χ1v) is 6.52. The standard InChI is InChI=1S/C8H10BrNO2S/c1-6-3-7(5-13(2,11)12)10-4-8(6)9/h3-4H,5H2,1-2H3. The summed E-state index contributed by atoms with van der Waals surface area (Å²) in [5, 5.41) is 0. The highest BCUT2D eigenvalue weighted by Crippen LogP contribution is 2.15. The average molecular weight is 264 g/mol. The molecule has 13 heavy (non-hydrogen) atoms. The van der Waals surface area contributed by atoms with E-state index < -0.39 is 9.84 Å². The Morgan fingerprint density at radius 2 is 2.15 bits per heavy atom. The Kier molecular flexibility index (Phi) is 3.08. The summed E-state index contributed by atoms with van der Waals surface area (Å²) in [6, 6.07) is 1.77. The maximum Gasteiger partial charge on any atom is 0.153 e. The molecule has 0 spiro atoms. The first-order valence-electron chi connectivity index (χ1n) is 3.67. The predicted molar refractivity (Wildman–Crippen MR) is 55.2 cm³/mol. The number of rotatable bonds is 2. The van der Waals surface area contributed by atoms with Gasteiger partial charge in [-0.3, -0.25) is 4.98 Å². The van der Waals surface area contributed by atoms with Crippen LogP contribution in [-0.4, -0.2) is 19.7 Å². The molecule has 0 saturated heterocycles. The number of aromatic nitrogens is 1. The molecule has 0 N–H and O–H groups in total. The summed E-state index contributed by atoms with van der Waals surface area (Å²) >= 11 is 3.30. The number of hydrogen-bond donors (Lipinski definition) is 0. The summed E-state index contributed by atoms with van der Waals surface area (Å²) in [5.74, 6) is 0.00111.